The van der Waals surface area contributed by atoms with E-state index < -0.39 is 0 Å². The Hall–Kier alpha value is -1.89. The lowest BCUT2D eigenvalue weighted by Gasteiger charge is -2.18. The number of fused-ring (bicyclic) bond motifs is 1. The Morgan fingerprint density at radius 1 is 1.42 bits per heavy atom. The van der Waals surface area contributed by atoms with Gasteiger partial charge in [-0.3, -0.25) is 0 Å². The quantitative estimate of drug-likeness (QED) is 0.732. The van der Waals surface area contributed by atoms with Gasteiger partial charge in [0.25, 0.3) is 0 Å². The first-order valence-corrected chi connectivity index (χ1v) is 6.49. The molecule has 0 saturated heterocycles. The molecule has 0 amide bonds. The Morgan fingerprint density at radius 2 is 2.21 bits per heavy atom. The normalized spacial score (nSPS) is 11.1. The minimum atomic E-state index is -0.253. The van der Waals surface area contributed by atoms with Gasteiger partial charge in [-0.25, -0.2) is 19.3 Å². The largest absolute Gasteiger partial charge is 0.360 e. The van der Waals surface area contributed by atoms with Crippen LogP contribution < -0.4 is 16.3 Å². The number of hydrogen-bond acceptors (Lipinski definition) is 5. The van der Waals surface area contributed by atoms with Crippen molar-refractivity contribution in [2.75, 3.05) is 25.0 Å². The minimum Gasteiger partial charge on any atom is -0.360 e. The molecule has 104 valence electrons. The zero-order valence-corrected chi connectivity index (χ0v) is 11.4. The Bertz CT molecular complexity index is 602. The number of nitrogens with one attached hydrogen (secondary N) is 1. The second-order valence-electron chi connectivity index (χ2n) is 4.65. The van der Waals surface area contributed by atoms with Gasteiger partial charge in [0.05, 0.1) is 0 Å². The molecule has 0 atom stereocenters. The number of nitrogens with zero attached hydrogens (tertiary/aromatic N) is 4. The molecular formula is C12H20N6O. The molecule has 19 heavy (non-hydrogen) atoms. The fourth-order valence-electron chi connectivity index (χ4n) is 2.06. The summed E-state index contributed by atoms with van der Waals surface area (Å²) in [5.74, 6) is 1.47. The highest BCUT2D eigenvalue weighted by atomic mass is 16.1. The topological polar surface area (TPSA) is 92.3 Å². The second kappa shape index (κ2) is 5.83. The van der Waals surface area contributed by atoms with Gasteiger partial charge in [0.1, 0.15) is 11.6 Å². The van der Waals surface area contributed by atoms with Crippen LogP contribution in [0, 0.1) is 6.92 Å². The fourth-order valence-corrected chi connectivity index (χ4v) is 2.06. The van der Waals surface area contributed by atoms with Crippen LogP contribution >= 0.6 is 0 Å². The number of aromatic amines is 1. The number of anilines is 1. The second-order valence-corrected chi connectivity index (χ2v) is 4.65. The summed E-state index contributed by atoms with van der Waals surface area (Å²) >= 11 is 0. The molecule has 2 aromatic rings. The first kappa shape index (κ1) is 13.5. The van der Waals surface area contributed by atoms with Crippen molar-refractivity contribution >= 4 is 11.5 Å². The first-order valence-electron chi connectivity index (χ1n) is 6.49. The SMILES string of the molecule is Cc1nc(N(C)CCCCCN)cc2n[nH]c(=O)n12. The number of nitrogens with two attached hydrogens (primary N) is 1. The molecule has 3 N–H and O–H groups in total. The summed E-state index contributed by atoms with van der Waals surface area (Å²) < 4.78 is 1.46. The van der Waals surface area contributed by atoms with Crippen molar-refractivity contribution in [2.45, 2.75) is 26.2 Å². The smallest absolute Gasteiger partial charge is 0.349 e. The molecule has 0 aliphatic carbocycles. The van der Waals surface area contributed by atoms with Crippen molar-refractivity contribution in [1.82, 2.24) is 19.6 Å². The lowest BCUT2D eigenvalue weighted by molar-refractivity contribution is 0.675. The molecule has 0 unspecified atom stereocenters. The van der Waals surface area contributed by atoms with Crippen LogP contribution in [0.2, 0.25) is 0 Å². The van der Waals surface area contributed by atoms with Crippen LogP contribution in [-0.4, -0.2) is 39.7 Å². The third-order valence-electron chi connectivity index (χ3n) is 3.15. The molecule has 7 heteroatoms. The summed E-state index contributed by atoms with van der Waals surface area (Å²) in [6, 6.07) is 1.81. The van der Waals surface area contributed by atoms with E-state index in [0.29, 0.717) is 11.5 Å². The highest BCUT2D eigenvalue weighted by molar-refractivity contribution is 5.50. The van der Waals surface area contributed by atoms with Gasteiger partial charge in [-0.05, 0) is 26.3 Å². The van der Waals surface area contributed by atoms with Gasteiger partial charge in [0.2, 0.25) is 0 Å². The van der Waals surface area contributed by atoms with E-state index in [-0.39, 0.29) is 5.69 Å². The van der Waals surface area contributed by atoms with Crippen molar-refractivity contribution in [3.8, 4) is 0 Å². The van der Waals surface area contributed by atoms with Crippen LogP contribution in [0.25, 0.3) is 5.65 Å². The number of unbranched alkanes of at least 4 members (excludes halogenated alkanes) is 2. The standard InChI is InChI=1S/C12H20N6O/c1-9-14-10(17(2)7-5-3-4-6-13)8-11-15-16-12(19)18(9)11/h8H,3-7,13H2,1-2H3,(H,16,19). The summed E-state index contributed by atoms with van der Waals surface area (Å²) in [5, 5.41) is 6.40. The van der Waals surface area contributed by atoms with E-state index in [2.05, 4.69) is 20.1 Å². The molecular weight excluding hydrogens is 244 g/mol. The van der Waals surface area contributed by atoms with Gasteiger partial charge >= 0.3 is 5.69 Å². The summed E-state index contributed by atoms with van der Waals surface area (Å²) in [7, 11) is 1.99. The van der Waals surface area contributed by atoms with Crippen LogP contribution in [0.1, 0.15) is 25.1 Å². The average Bonchev–Trinajstić information content (AvgIpc) is 2.76. The fraction of sp³-hybridized carbons (Fsp3) is 0.583. The predicted octanol–water partition coefficient (Wildman–Crippen LogP) is 0.291. The Balaban J connectivity index is 2.14. The lowest BCUT2D eigenvalue weighted by atomic mass is 10.2. The molecule has 2 aromatic heterocycles. The van der Waals surface area contributed by atoms with Gasteiger partial charge in [-0.15, -0.1) is 0 Å². The van der Waals surface area contributed by atoms with E-state index in [1.165, 1.54) is 4.40 Å². The average molecular weight is 264 g/mol. The number of aryl methyl sites for hydroxylation is 1. The molecule has 0 bridgehead atoms. The molecule has 0 aliphatic rings. The number of H-pyrrole nitrogens is 1. The molecule has 2 rings (SSSR count). The van der Waals surface area contributed by atoms with E-state index >= 15 is 0 Å². The van der Waals surface area contributed by atoms with Crippen molar-refractivity contribution < 1.29 is 0 Å². The number of aromatic nitrogens is 4. The molecule has 0 saturated carbocycles. The van der Waals surface area contributed by atoms with Gasteiger partial charge in [0, 0.05) is 19.7 Å². The maximum Gasteiger partial charge on any atom is 0.349 e. The molecule has 7 nitrogen and oxygen atoms in total. The van der Waals surface area contributed by atoms with Crippen LogP contribution in [0.15, 0.2) is 10.9 Å². The van der Waals surface area contributed by atoms with Crippen LogP contribution in [-0.2, 0) is 0 Å². The number of hydrogen-bond donors (Lipinski definition) is 2. The molecule has 0 aliphatic heterocycles. The lowest BCUT2D eigenvalue weighted by Crippen LogP contribution is -2.22. The highest BCUT2D eigenvalue weighted by Crippen LogP contribution is 2.12. The van der Waals surface area contributed by atoms with E-state index in [9.17, 15) is 4.79 Å². The van der Waals surface area contributed by atoms with Crippen LogP contribution in [0.5, 0.6) is 0 Å². The monoisotopic (exact) mass is 264 g/mol. The first-order chi connectivity index (χ1) is 9.13. The maximum absolute atomic E-state index is 11.5. The Morgan fingerprint density at radius 3 is 2.95 bits per heavy atom. The Labute approximate surface area is 111 Å². The summed E-state index contributed by atoms with van der Waals surface area (Å²) in [4.78, 5) is 18.0. The van der Waals surface area contributed by atoms with Crippen LogP contribution in [0.3, 0.4) is 0 Å². The van der Waals surface area contributed by atoms with Gasteiger partial charge in [-0.1, -0.05) is 6.42 Å². The number of rotatable bonds is 6. The molecule has 0 aromatic carbocycles. The minimum absolute atomic E-state index is 0.253. The van der Waals surface area contributed by atoms with E-state index in [4.69, 9.17) is 5.73 Å². The van der Waals surface area contributed by atoms with Crippen molar-refractivity contribution in [3.63, 3.8) is 0 Å². The van der Waals surface area contributed by atoms with Gasteiger partial charge in [-0.2, -0.15) is 5.10 Å². The molecule has 2 heterocycles. The van der Waals surface area contributed by atoms with Crippen LogP contribution in [0.4, 0.5) is 5.82 Å². The summed E-state index contributed by atoms with van der Waals surface area (Å²) in [5.41, 5.74) is 5.82. The summed E-state index contributed by atoms with van der Waals surface area (Å²) in [6.07, 6.45) is 3.24. The third-order valence-corrected chi connectivity index (χ3v) is 3.15. The molecule has 0 radical (unpaired) electrons. The molecule has 0 fully saturated rings. The van der Waals surface area contributed by atoms with Crippen molar-refractivity contribution in [3.05, 3.63) is 22.4 Å². The van der Waals surface area contributed by atoms with Gasteiger partial charge < -0.3 is 10.6 Å². The maximum atomic E-state index is 11.5. The van der Waals surface area contributed by atoms with Crippen molar-refractivity contribution in [1.29, 1.82) is 0 Å². The highest BCUT2D eigenvalue weighted by Gasteiger charge is 2.09. The van der Waals surface area contributed by atoms with Crippen molar-refractivity contribution in [2.24, 2.45) is 5.73 Å². The Kier molecular flexibility index (Phi) is 4.16. The zero-order chi connectivity index (χ0) is 13.8. The third kappa shape index (κ3) is 2.93. The van der Waals surface area contributed by atoms with Gasteiger partial charge in [0.15, 0.2) is 5.65 Å². The molecule has 0 spiro atoms. The van der Waals surface area contributed by atoms with E-state index in [1.807, 2.05) is 13.1 Å². The van der Waals surface area contributed by atoms with E-state index in [0.717, 1.165) is 38.2 Å². The zero-order valence-electron chi connectivity index (χ0n) is 11.4. The summed E-state index contributed by atoms with van der Waals surface area (Å²) in [6.45, 7) is 3.45. The van der Waals surface area contributed by atoms with E-state index in [1.54, 1.807) is 6.92 Å². The predicted molar refractivity (Wildman–Crippen MR) is 74.5 cm³/mol.